The van der Waals surface area contributed by atoms with Crippen molar-refractivity contribution in [1.29, 1.82) is 0 Å². The lowest BCUT2D eigenvalue weighted by atomic mass is 10.1. The number of amides is 1. The second-order valence-electron chi connectivity index (χ2n) is 6.28. The van der Waals surface area contributed by atoms with Crippen LogP contribution >= 0.6 is 11.3 Å². The van der Waals surface area contributed by atoms with Crippen LogP contribution in [0.1, 0.15) is 38.5 Å². The van der Waals surface area contributed by atoms with Crippen LogP contribution in [-0.4, -0.2) is 35.7 Å². The van der Waals surface area contributed by atoms with Gasteiger partial charge in [-0.3, -0.25) is 4.90 Å². The normalized spacial score (nSPS) is 17.9. The topological polar surface area (TPSA) is 41.6 Å². The van der Waals surface area contributed by atoms with Crippen molar-refractivity contribution < 1.29 is 9.53 Å². The highest BCUT2D eigenvalue weighted by atomic mass is 32.1. The van der Waals surface area contributed by atoms with Crippen LogP contribution in [0.3, 0.4) is 0 Å². The number of carbonyl (C=O) groups excluding carboxylic acids is 1. The lowest BCUT2D eigenvalue weighted by Crippen LogP contribution is -2.45. The fourth-order valence-corrected chi connectivity index (χ4v) is 3.08. The molecule has 0 aromatic carbocycles. The van der Waals surface area contributed by atoms with Crippen molar-refractivity contribution in [2.45, 2.75) is 51.8 Å². The Morgan fingerprint density at radius 2 is 2.15 bits per heavy atom. The van der Waals surface area contributed by atoms with Gasteiger partial charge in [-0.25, -0.2) is 4.79 Å². The summed E-state index contributed by atoms with van der Waals surface area (Å²) in [5.41, 5.74) is -0.427. The van der Waals surface area contributed by atoms with E-state index in [1.165, 1.54) is 4.88 Å². The van der Waals surface area contributed by atoms with Gasteiger partial charge in [0.15, 0.2) is 0 Å². The number of ether oxygens (including phenoxy) is 1. The Hall–Kier alpha value is -1.07. The highest BCUT2D eigenvalue weighted by molar-refractivity contribution is 7.09. The maximum atomic E-state index is 11.7. The van der Waals surface area contributed by atoms with Crippen LogP contribution < -0.4 is 5.32 Å². The molecule has 0 atom stereocenters. The predicted octanol–water partition coefficient (Wildman–Crippen LogP) is 3.24. The summed E-state index contributed by atoms with van der Waals surface area (Å²) >= 11 is 1.80. The molecule has 112 valence electrons. The van der Waals surface area contributed by atoms with Crippen LogP contribution in [-0.2, 0) is 11.3 Å². The third-order valence-electron chi connectivity index (χ3n) is 3.27. The van der Waals surface area contributed by atoms with Crippen LogP contribution in [0.2, 0.25) is 0 Å². The van der Waals surface area contributed by atoms with Gasteiger partial charge in [0.05, 0.1) is 0 Å². The van der Waals surface area contributed by atoms with Gasteiger partial charge < -0.3 is 10.1 Å². The van der Waals surface area contributed by atoms with E-state index in [0.717, 1.165) is 32.5 Å². The van der Waals surface area contributed by atoms with Crippen molar-refractivity contribution in [2.24, 2.45) is 0 Å². The second-order valence-corrected chi connectivity index (χ2v) is 7.31. The minimum Gasteiger partial charge on any atom is -0.444 e. The molecule has 1 aromatic heterocycles. The van der Waals surface area contributed by atoms with Gasteiger partial charge in [0.2, 0.25) is 0 Å². The fraction of sp³-hybridized carbons (Fsp3) is 0.667. The van der Waals surface area contributed by atoms with E-state index < -0.39 is 5.60 Å². The summed E-state index contributed by atoms with van der Waals surface area (Å²) in [5, 5.41) is 5.09. The van der Waals surface area contributed by atoms with Crippen LogP contribution in [0.4, 0.5) is 4.79 Å². The summed E-state index contributed by atoms with van der Waals surface area (Å²) in [7, 11) is 0. The van der Waals surface area contributed by atoms with E-state index in [1.807, 2.05) is 20.8 Å². The van der Waals surface area contributed by atoms with Crippen LogP contribution in [0.15, 0.2) is 17.5 Å². The average molecular weight is 296 g/mol. The van der Waals surface area contributed by atoms with Crippen LogP contribution in [0.25, 0.3) is 0 Å². The Bertz CT molecular complexity index is 418. The number of nitrogens with one attached hydrogen (secondary N) is 1. The highest BCUT2D eigenvalue weighted by Gasteiger charge is 2.23. The van der Waals surface area contributed by atoms with E-state index in [-0.39, 0.29) is 12.1 Å². The molecule has 0 saturated carbocycles. The summed E-state index contributed by atoms with van der Waals surface area (Å²) in [6, 6.07) is 4.51. The number of hydrogen-bond donors (Lipinski definition) is 1. The van der Waals surface area contributed by atoms with Crippen molar-refractivity contribution in [3.63, 3.8) is 0 Å². The number of carbonyl (C=O) groups is 1. The molecule has 2 heterocycles. The molecule has 1 saturated heterocycles. The number of piperidine rings is 1. The Balaban J connectivity index is 1.70. The molecule has 4 nitrogen and oxygen atoms in total. The van der Waals surface area contributed by atoms with Crippen molar-refractivity contribution in [3.8, 4) is 0 Å². The Morgan fingerprint density at radius 1 is 1.45 bits per heavy atom. The van der Waals surface area contributed by atoms with Gasteiger partial charge in [-0.2, -0.15) is 0 Å². The molecule has 0 bridgehead atoms. The Kier molecular flexibility index (Phi) is 5.05. The molecule has 1 N–H and O–H groups in total. The van der Waals surface area contributed by atoms with Crippen molar-refractivity contribution in [3.05, 3.63) is 22.4 Å². The van der Waals surface area contributed by atoms with Crippen LogP contribution in [0, 0.1) is 0 Å². The first-order valence-corrected chi connectivity index (χ1v) is 8.04. The molecule has 1 fully saturated rings. The maximum Gasteiger partial charge on any atom is 0.407 e. The fourth-order valence-electron chi connectivity index (χ4n) is 2.33. The van der Waals surface area contributed by atoms with E-state index >= 15 is 0 Å². The molecule has 0 aliphatic carbocycles. The Labute approximate surface area is 125 Å². The second kappa shape index (κ2) is 6.59. The summed E-state index contributed by atoms with van der Waals surface area (Å²) in [6.07, 6.45) is 1.68. The molecule has 2 rings (SSSR count). The standard InChI is InChI=1S/C15H24N2O2S/c1-15(2,3)19-14(18)16-12-6-8-17(9-7-12)11-13-5-4-10-20-13/h4-5,10,12H,6-9,11H2,1-3H3,(H,16,18). The van der Waals surface area contributed by atoms with E-state index in [9.17, 15) is 4.79 Å². The minimum atomic E-state index is -0.427. The number of alkyl carbamates (subject to hydrolysis) is 1. The molecular weight excluding hydrogens is 272 g/mol. The molecule has 1 aliphatic rings. The number of likely N-dealkylation sites (tertiary alicyclic amines) is 1. The quantitative estimate of drug-likeness (QED) is 0.931. The first-order chi connectivity index (χ1) is 9.42. The average Bonchev–Trinajstić information content (AvgIpc) is 2.82. The summed E-state index contributed by atoms with van der Waals surface area (Å²) in [6.45, 7) is 8.73. The zero-order chi connectivity index (χ0) is 14.6. The van der Waals surface area contributed by atoms with Gasteiger partial charge in [-0.15, -0.1) is 11.3 Å². The van der Waals surface area contributed by atoms with E-state index in [0.29, 0.717) is 0 Å². The van der Waals surface area contributed by atoms with Crippen molar-refractivity contribution >= 4 is 17.4 Å². The molecule has 1 amide bonds. The third kappa shape index (κ3) is 5.13. The molecule has 1 aromatic rings. The van der Waals surface area contributed by atoms with Gasteiger partial charge in [-0.1, -0.05) is 6.07 Å². The summed E-state index contributed by atoms with van der Waals surface area (Å²) in [5.74, 6) is 0. The first-order valence-electron chi connectivity index (χ1n) is 7.16. The van der Waals surface area contributed by atoms with E-state index in [2.05, 4.69) is 27.7 Å². The van der Waals surface area contributed by atoms with E-state index in [4.69, 9.17) is 4.74 Å². The molecule has 20 heavy (non-hydrogen) atoms. The lowest BCUT2D eigenvalue weighted by molar-refractivity contribution is 0.0477. The number of thiophene rings is 1. The van der Waals surface area contributed by atoms with Crippen molar-refractivity contribution in [1.82, 2.24) is 10.2 Å². The Morgan fingerprint density at radius 3 is 2.70 bits per heavy atom. The van der Waals surface area contributed by atoms with E-state index in [1.54, 1.807) is 11.3 Å². The van der Waals surface area contributed by atoms with Gasteiger partial charge >= 0.3 is 6.09 Å². The zero-order valence-electron chi connectivity index (χ0n) is 12.5. The minimum absolute atomic E-state index is 0.240. The summed E-state index contributed by atoms with van der Waals surface area (Å²) < 4.78 is 5.29. The number of hydrogen-bond acceptors (Lipinski definition) is 4. The highest BCUT2D eigenvalue weighted by Crippen LogP contribution is 2.17. The molecule has 0 radical (unpaired) electrons. The smallest absolute Gasteiger partial charge is 0.407 e. The predicted molar refractivity (Wildman–Crippen MR) is 82.0 cm³/mol. The molecule has 0 unspecified atom stereocenters. The maximum absolute atomic E-state index is 11.7. The molecule has 5 heteroatoms. The number of nitrogens with zero attached hydrogens (tertiary/aromatic N) is 1. The van der Waals surface area contributed by atoms with Gasteiger partial charge in [0, 0.05) is 30.6 Å². The zero-order valence-corrected chi connectivity index (χ0v) is 13.3. The third-order valence-corrected chi connectivity index (χ3v) is 4.13. The van der Waals surface area contributed by atoms with Gasteiger partial charge in [-0.05, 0) is 45.1 Å². The SMILES string of the molecule is CC(C)(C)OC(=O)NC1CCN(Cc2cccs2)CC1. The van der Waals surface area contributed by atoms with Gasteiger partial charge in [0.1, 0.15) is 5.60 Å². The summed E-state index contributed by atoms with van der Waals surface area (Å²) in [4.78, 5) is 15.6. The lowest BCUT2D eigenvalue weighted by Gasteiger charge is -2.32. The van der Waals surface area contributed by atoms with Crippen molar-refractivity contribution in [2.75, 3.05) is 13.1 Å². The molecule has 0 spiro atoms. The molecular formula is C15H24N2O2S. The van der Waals surface area contributed by atoms with Gasteiger partial charge in [0.25, 0.3) is 0 Å². The largest absolute Gasteiger partial charge is 0.444 e. The number of rotatable bonds is 3. The first kappa shape index (κ1) is 15.3. The molecule has 1 aliphatic heterocycles. The van der Waals surface area contributed by atoms with Crippen LogP contribution in [0.5, 0.6) is 0 Å². The monoisotopic (exact) mass is 296 g/mol.